The Morgan fingerprint density at radius 2 is 1.65 bits per heavy atom. The molecule has 1 rings (SSSR count). The van der Waals surface area contributed by atoms with Gasteiger partial charge in [-0.15, -0.1) is 0 Å². The van der Waals surface area contributed by atoms with Gasteiger partial charge in [0.1, 0.15) is 5.75 Å². The Kier molecular flexibility index (Phi) is 8.46. The monoisotopic (exact) mass is 320 g/mol. The Morgan fingerprint density at radius 1 is 1.04 bits per heavy atom. The summed E-state index contributed by atoms with van der Waals surface area (Å²) in [6.45, 7) is 16.6. The third-order valence-corrected chi connectivity index (χ3v) is 3.89. The molecule has 0 bridgehead atoms. The molecule has 0 heterocycles. The fourth-order valence-electron chi connectivity index (χ4n) is 2.91. The average molecular weight is 321 g/mol. The Bertz CT molecular complexity index is 447. The van der Waals surface area contributed by atoms with Crippen LogP contribution in [-0.4, -0.2) is 30.6 Å². The third-order valence-electron chi connectivity index (χ3n) is 3.89. The van der Waals surface area contributed by atoms with Crippen molar-refractivity contribution >= 4 is 5.69 Å². The Balaban J connectivity index is 2.73. The van der Waals surface area contributed by atoms with Gasteiger partial charge in [0.2, 0.25) is 0 Å². The smallest absolute Gasteiger partial charge is 0.142 e. The molecule has 1 aromatic rings. The van der Waals surface area contributed by atoms with E-state index in [4.69, 9.17) is 10.5 Å². The molecule has 3 nitrogen and oxygen atoms in total. The Hall–Kier alpha value is -1.22. The topological polar surface area (TPSA) is 38.5 Å². The molecular formula is C20H36N2O. The summed E-state index contributed by atoms with van der Waals surface area (Å²) < 4.78 is 5.66. The lowest BCUT2D eigenvalue weighted by Crippen LogP contribution is -2.39. The fraction of sp³-hybridized carbons (Fsp3) is 0.700. The maximum Gasteiger partial charge on any atom is 0.142 e. The zero-order valence-corrected chi connectivity index (χ0v) is 15.9. The minimum atomic E-state index is 0.515. The summed E-state index contributed by atoms with van der Waals surface area (Å²) in [6, 6.07) is 6.76. The molecule has 0 amide bonds. The summed E-state index contributed by atoms with van der Waals surface area (Å²) in [5.74, 6) is 2.18. The van der Waals surface area contributed by atoms with E-state index in [2.05, 4.69) is 58.6 Å². The first-order chi connectivity index (χ1) is 10.8. The van der Waals surface area contributed by atoms with Crippen molar-refractivity contribution in [2.45, 2.75) is 60.4 Å². The van der Waals surface area contributed by atoms with Crippen molar-refractivity contribution in [2.75, 3.05) is 25.4 Å². The van der Waals surface area contributed by atoms with Crippen molar-refractivity contribution in [3.63, 3.8) is 0 Å². The lowest BCUT2D eigenvalue weighted by molar-refractivity contribution is 0.165. The van der Waals surface area contributed by atoms with Crippen LogP contribution in [0.1, 0.15) is 53.5 Å². The van der Waals surface area contributed by atoms with Gasteiger partial charge in [-0.1, -0.05) is 40.7 Å². The zero-order chi connectivity index (χ0) is 17.4. The number of anilines is 1. The molecule has 23 heavy (non-hydrogen) atoms. The molecular weight excluding hydrogens is 284 g/mol. The fourth-order valence-corrected chi connectivity index (χ4v) is 2.91. The number of rotatable bonds is 10. The molecule has 0 aliphatic heterocycles. The Labute approximate surface area is 143 Å². The molecule has 0 saturated heterocycles. The number of hydrogen-bond acceptors (Lipinski definition) is 3. The van der Waals surface area contributed by atoms with Crippen LogP contribution in [0.5, 0.6) is 5.75 Å². The number of ether oxygens (including phenoxy) is 1. The van der Waals surface area contributed by atoms with Crippen molar-refractivity contribution in [1.29, 1.82) is 0 Å². The largest absolute Gasteiger partial charge is 0.491 e. The molecule has 0 aliphatic rings. The number of hydrogen-bond donors (Lipinski definition) is 1. The standard InChI is InChI=1S/C20H36N2O/c1-7-10-23-20-9-8-18(12-19(20)21)11-17(6)22(13-15(2)3)14-16(4)5/h8-9,12,15-17H,7,10-11,13-14,21H2,1-6H3. The highest BCUT2D eigenvalue weighted by Crippen LogP contribution is 2.24. The first-order valence-corrected chi connectivity index (χ1v) is 9.08. The molecule has 2 N–H and O–H groups in total. The predicted octanol–water partition coefficient (Wildman–Crippen LogP) is 4.60. The molecule has 0 aliphatic carbocycles. The summed E-state index contributed by atoms with van der Waals surface area (Å²) in [6.07, 6.45) is 2.02. The first-order valence-electron chi connectivity index (χ1n) is 9.08. The molecule has 1 unspecified atom stereocenters. The minimum absolute atomic E-state index is 0.515. The number of benzene rings is 1. The van der Waals surface area contributed by atoms with Gasteiger partial charge in [-0.25, -0.2) is 0 Å². The molecule has 0 saturated carbocycles. The summed E-state index contributed by atoms with van der Waals surface area (Å²) in [5, 5.41) is 0. The molecule has 3 heteroatoms. The van der Waals surface area contributed by atoms with Gasteiger partial charge in [0.25, 0.3) is 0 Å². The third kappa shape index (κ3) is 7.26. The van der Waals surface area contributed by atoms with Gasteiger partial charge in [0.05, 0.1) is 12.3 Å². The van der Waals surface area contributed by atoms with E-state index < -0.39 is 0 Å². The molecule has 0 fully saturated rings. The van der Waals surface area contributed by atoms with Gasteiger partial charge in [0, 0.05) is 19.1 Å². The number of nitrogen functional groups attached to an aromatic ring is 1. The van der Waals surface area contributed by atoms with Gasteiger partial charge in [-0.3, -0.25) is 4.90 Å². The molecule has 1 aromatic carbocycles. The SMILES string of the molecule is CCCOc1ccc(CC(C)N(CC(C)C)CC(C)C)cc1N. The lowest BCUT2D eigenvalue weighted by atomic mass is 10.0. The molecule has 0 aromatic heterocycles. The quantitative estimate of drug-likeness (QED) is 0.640. The van der Waals surface area contributed by atoms with Gasteiger partial charge < -0.3 is 10.5 Å². The molecule has 0 radical (unpaired) electrons. The van der Waals surface area contributed by atoms with Crippen molar-refractivity contribution in [3.8, 4) is 5.75 Å². The van der Waals surface area contributed by atoms with E-state index in [9.17, 15) is 0 Å². The van der Waals surface area contributed by atoms with Crippen LogP contribution >= 0.6 is 0 Å². The van der Waals surface area contributed by atoms with E-state index in [-0.39, 0.29) is 0 Å². The number of nitrogens with two attached hydrogens (primary N) is 1. The Morgan fingerprint density at radius 3 is 2.13 bits per heavy atom. The normalized spacial score (nSPS) is 13.1. The maximum atomic E-state index is 6.14. The second kappa shape index (κ2) is 9.82. The second-order valence-electron chi connectivity index (χ2n) is 7.52. The highest BCUT2D eigenvalue weighted by atomic mass is 16.5. The molecule has 132 valence electrons. The summed E-state index contributed by atoms with van der Waals surface area (Å²) in [5.41, 5.74) is 8.18. The summed E-state index contributed by atoms with van der Waals surface area (Å²) in [7, 11) is 0. The minimum Gasteiger partial charge on any atom is -0.491 e. The molecule has 0 spiro atoms. The van der Waals surface area contributed by atoms with Crippen LogP contribution in [0, 0.1) is 11.8 Å². The van der Waals surface area contributed by atoms with Gasteiger partial charge in [0.15, 0.2) is 0 Å². The van der Waals surface area contributed by atoms with E-state index in [1.165, 1.54) is 5.56 Å². The molecule has 1 atom stereocenters. The van der Waals surface area contributed by atoms with Crippen molar-refractivity contribution in [1.82, 2.24) is 4.90 Å². The van der Waals surface area contributed by atoms with E-state index in [1.54, 1.807) is 0 Å². The van der Waals surface area contributed by atoms with E-state index in [0.29, 0.717) is 17.9 Å². The maximum absolute atomic E-state index is 6.14. The van der Waals surface area contributed by atoms with Gasteiger partial charge in [-0.05, 0) is 49.3 Å². The van der Waals surface area contributed by atoms with Crippen LogP contribution in [0.15, 0.2) is 18.2 Å². The van der Waals surface area contributed by atoms with Crippen LogP contribution in [0.25, 0.3) is 0 Å². The first kappa shape index (κ1) is 19.8. The highest BCUT2D eigenvalue weighted by Gasteiger charge is 2.17. The van der Waals surface area contributed by atoms with E-state index in [1.807, 2.05) is 6.07 Å². The van der Waals surface area contributed by atoms with Gasteiger partial charge >= 0.3 is 0 Å². The predicted molar refractivity (Wildman–Crippen MR) is 101 cm³/mol. The summed E-state index contributed by atoms with van der Waals surface area (Å²) >= 11 is 0. The second-order valence-corrected chi connectivity index (χ2v) is 7.52. The zero-order valence-electron chi connectivity index (χ0n) is 15.9. The van der Waals surface area contributed by atoms with Crippen molar-refractivity contribution in [3.05, 3.63) is 23.8 Å². The van der Waals surface area contributed by atoms with Crippen LogP contribution < -0.4 is 10.5 Å². The van der Waals surface area contributed by atoms with Crippen LogP contribution in [0.2, 0.25) is 0 Å². The van der Waals surface area contributed by atoms with E-state index >= 15 is 0 Å². The van der Waals surface area contributed by atoms with E-state index in [0.717, 1.165) is 44.0 Å². The van der Waals surface area contributed by atoms with Crippen LogP contribution in [0.3, 0.4) is 0 Å². The van der Waals surface area contributed by atoms with Gasteiger partial charge in [-0.2, -0.15) is 0 Å². The van der Waals surface area contributed by atoms with Crippen molar-refractivity contribution in [2.24, 2.45) is 11.8 Å². The van der Waals surface area contributed by atoms with Crippen molar-refractivity contribution < 1.29 is 4.74 Å². The highest BCUT2D eigenvalue weighted by molar-refractivity contribution is 5.54. The lowest BCUT2D eigenvalue weighted by Gasteiger charge is -2.32. The van der Waals surface area contributed by atoms with Crippen LogP contribution in [-0.2, 0) is 6.42 Å². The number of nitrogens with zero attached hydrogens (tertiary/aromatic N) is 1. The average Bonchev–Trinajstić information content (AvgIpc) is 2.44. The van der Waals surface area contributed by atoms with Crippen LogP contribution in [0.4, 0.5) is 5.69 Å². The summed E-state index contributed by atoms with van der Waals surface area (Å²) in [4.78, 5) is 2.60.